The predicted octanol–water partition coefficient (Wildman–Crippen LogP) is 14.2. The first-order chi connectivity index (χ1) is 25.8. The van der Waals surface area contributed by atoms with E-state index < -0.39 is 0 Å². The van der Waals surface area contributed by atoms with Crippen LogP contribution < -0.4 is 10.2 Å². The summed E-state index contributed by atoms with van der Waals surface area (Å²) >= 11 is 0. The molecule has 0 unspecified atom stereocenters. The number of nitrogens with one attached hydrogen (secondary N) is 1. The van der Waals surface area contributed by atoms with Crippen molar-refractivity contribution in [1.82, 2.24) is 0 Å². The maximum atomic E-state index is 3.73. The Balaban J connectivity index is 1.10. The summed E-state index contributed by atoms with van der Waals surface area (Å²) in [6.45, 7) is 0. The quantitative estimate of drug-likeness (QED) is 0.191. The van der Waals surface area contributed by atoms with Gasteiger partial charge in [-0.25, -0.2) is 0 Å². The van der Waals surface area contributed by atoms with E-state index in [9.17, 15) is 0 Å². The highest BCUT2D eigenvalue weighted by Gasteiger charge is 2.21. The van der Waals surface area contributed by atoms with Gasteiger partial charge in [0.15, 0.2) is 0 Å². The second kappa shape index (κ2) is 12.5. The molecule has 9 aromatic carbocycles. The van der Waals surface area contributed by atoms with Crippen molar-refractivity contribution in [1.29, 1.82) is 0 Å². The molecule has 52 heavy (non-hydrogen) atoms. The third kappa shape index (κ3) is 5.12. The lowest BCUT2D eigenvalue weighted by Crippen LogP contribution is -2.10. The van der Waals surface area contributed by atoms with Crippen LogP contribution in [-0.2, 0) is 0 Å². The minimum atomic E-state index is 1.10. The van der Waals surface area contributed by atoms with E-state index in [1.807, 2.05) is 0 Å². The molecule has 9 aromatic rings. The zero-order valence-corrected chi connectivity index (χ0v) is 28.5. The highest BCUT2D eigenvalue weighted by atomic mass is 15.1. The maximum absolute atomic E-state index is 3.73. The summed E-state index contributed by atoms with van der Waals surface area (Å²) in [5, 5.41) is 8.77. The van der Waals surface area contributed by atoms with Crippen molar-refractivity contribution in [3.63, 3.8) is 0 Å². The molecule has 0 amide bonds. The van der Waals surface area contributed by atoms with Gasteiger partial charge < -0.3 is 10.2 Å². The number of hydrogen-bond acceptors (Lipinski definition) is 2. The smallest absolute Gasteiger partial charge is 0.0473 e. The molecule has 0 aliphatic carbocycles. The summed E-state index contributed by atoms with van der Waals surface area (Å²) < 4.78 is 0. The first-order valence-corrected chi connectivity index (χ1v) is 17.8. The number of rotatable bonds is 6. The fourth-order valence-corrected chi connectivity index (χ4v) is 7.95. The molecule has 0 atom stereocenters. The minimum Gasteiger partial charge on any atom is -0.354 e. The van der Waals surface area contributed by atoms with Crippen LogP contribution >= 0.6 is 0 Å². The number of fused-ring (bicyclic) bond motifs is 4. The number of benzene rings is 9. The lowest BCUT2D eigenvalue weighted by atomic mass is 9.87. The second-order valence-corrected chi connectivity index (χ2v) is 13.4. The summed E-state index contributed by atoms with van der Waals surface area (Å²) in [5.41, 5.74) is 15.3. The maximum Gasteiger partial charge on any atom is 0.0473 e. The fourth-order valence-electron chi connectivity index (χ4n) is 7.95. The molecule has 0 bridgehead atoms. The van der Waals surface area contributed by atoms with Gasteiger partial charge in [0.05, 0.1) is 0 Å². The molecule has 2 nitrogen and oxygen atoms in total. The molecule has 0 fully saturated rings. The highest BCUT2D eigenvalue weighted by molar-refractivity contribution is 6.18. The molecule has 0 aromatic heterocycles. The zero-order chi connectivity index (χ0) is 34.4. The van der Waals surface area contributed by atoms with Crippen molar-refractivity contribution in [3.8, 4) is 44.5 Å². The Kier molecular flexibility index (Phi) is 7.18. The van der Waals surface area contributed by atoms with E-state index >= 15 is 0 Å². The van der Waals surface area contributed by atoms with Gasteiger partial charge in [0.1, 0.15) is 0 Å². The number of anilines is 5. The molecule has 0 saturated carbocycles. The van der Waals surface area contributed by atoms with E-state index in [-0.39, 0.29) is 0 Å². The Morgan fingerprint density at radius 2 is 0.923 bits per heavy atom. The molecule has 244 valence electrons. The van der Waals surface area contributed by atoms with Crippen LogP contribution in [0, 0.1) is 0 Å². The lowest BCUT2D eigenvalue weighted by molar-refractivity contribution is 1.28. The Labute approximate surface area is 303 Å². The molecule has 2 heteroatoms. The van der Waals surface area contributed by atoms with Crippen LogP contribution in [0.15, 0.2) is 200 Å². The van der Waals surface area contributed by atoms with Crippen molar-refractivity contribution < 1.29 is 0 Å². The third-order valence-electron chi connectivity index (χ3n) is 10.3. The van der Waals surface area contributed by atoms with Gasteiger partial charge in [-0.2, -0.15) is 0 Å². The topological polar surface area (TPSA) is 15.3 Å². The highest BCUT2D eigenvalue weighted by Crippen LogP contribution is 2.48. The van der Waals surface area contributed by atoms with Gasteiger partial charge >= 0.3 is 0 Å². The average molecular weight is 663 g/mol. The summed E-state index contributed by atoms with van der Waals surface area (Å²) in [4.78, 5) is 2.37. The molecule has 1 N–H and O–H groups in total. The predicted molar refractivity (Wildman–Crippen MR) is 221 cm³/mol. The molecule has 0 saturated heterocycles. The van der Waals surface area contributed by atoms with E-state index in [4.69, 9.17) is 0 Å². The molecule has 1 heterocycles. The van der Waals surface area contributed by atoms with Crippen molar-refractivity contribution in [2.45, 2.75) is 0 Å². The molecular weight excluding hydrogens is 629 g/mol. The van der Waals surface area contributed by atoms with Gasteiger partial charge in [0.2, 0.25) is 0 Å². The lowest BCUT2D eigenvalue weighted by Gasteiger charge is -2.27. The van der Waals surface area contributed by atoms with E-state index in [0.717, 1.165) is 22.7 Å². The van der Waals surface area contributed by atoms with Crippen LogP contribution in [0.25, 0.3) is 66.1 Å². The van der Waals surface area contributed by atoms with Crippen LogP contribution in [0.1, 0.15) is 0 Å². The van der Waals surface area contributed by atoms with Crippen molar-refractivity contribution in [2.75, 3.05) is 10.2 Å². The second-order valence-electron chi connectivity index (χ2n) is 13.4. The summed E-state index contributed by atoms with van der Waals surface area (Å²) in [6, 6.07) is 72.3. The summed E-state index contributed by atoms with van der Waals surface area (Å²) in [7, 11) is 0. The summed E-state index contributed by atoms with van der Waals surface area (Å²) in [5.74, 6) is 0. The molecule has 10 rings (SSSR count). The van der Waals surface area contributed by atoms with Gasteiger partial charge in [0.25, 0.3) is 0 Å². The Bertz CT molecular complexity index is 2670. The first-order valence-electron chi connectivity index (χ1n) is 17.8. The molecule has 1 aliphatic rings. The van der Waals surface area contributed by atoms with Crippen LogP contribution in [0.5, 0.6) is 0 Å². The van der Waals surface area contributed by atoms with Gasteiger partial charge in [-0.3, -0.25) is 0 Å². The molecular formula is C50H34N2. The normalized spacial score (nSPS) is 11.6. The van der Waals surface area contributed by atoms with E-state index in [0.29, 0.717) is 0 Å². The largest absolute Gasteiger partial charge is 0.354 e. The van der Waals surface area contributed by atoms with Crippen molar-refractivity contribution in [3.05, 3.63) is 200 Å². The number of nitrogens with zero attached hydrogens (tertiary/aromatic N) is 1. The van der Waals surface area contributed by atoms with Crippen LogP contribution in [0.4, 0.5) is 28.4 Å². The Morgan fingerprint density at radius 1 is 0.327 bits per heavy atom. The van der Waals surface area contributed by atoms with E-state index in [2.05, 4.69) is 210 Å². The molecule has 0 spiro atoms. The van der Waals surface area contributed by atoms with Crippen LogP contribution in [0.2, 0.25) is 0 Å². The standard InChI is InChI=1S/C50H34N2/c1-4-13-34(14-5-1)38-31-39(35-15-6-2-7-16-35)33-42(32-38)52(40-19-8-3-9-20-40)41-27-25-36(26-28-41)43-21-12-22-45-44(43)29-30-48-50(45)46-23-10-17-37-18-11-24-47(51-48)49(37)46/h1-33,51H. The SMILES string of the molecule is c1ccc(-c2cc(-c3ccccc3)cc(N(c3ccccc3)c3ccc(-c4cccc5c6c(ccc45)Nc4cccc5cccc-6c45)cc3)c2)cc1. The van der Waals surface area contributed by atoms with Gasteiger partial charge in [-0.05, 0) is 110 Å². The molecule has 1 aliphatic heterocycles. The first kappa shape index (κ1) is 30.0. The fraction of sp³-hybridized carbons (Fsp3) is 0. The van der Waals surface area contributed by atoms with Crippen LogP contribution in [-0.4, -0.2) is 0 Å². The number of para-hydroxylation sites is 1. The van der Waals surface area contributed by atoms with Gasteiger partial charge in [-0.1, -0.05) is 146 Å². The minimum absolute atomic E-state index is 1.10. The van der Waals surface area contributed by atoms with Crippen molar-refractivity contribution >= 4 is 50.0 Å². The Morgan fingerprint density at radius 3 is 1.62 bits per heavy atom. The van der Waals surface area contributed by atoms with Gasteiger partial charge in [0, 0.05) is 39.4 Å². The van der Waals surface area contributed by atoms with Crippen LogP contribution in [0.3, 0.4) is 0 Å². The van der Waals surface area contributed by atoms with E-state index in [1.54, 1.807) is 0 Å². The zero-order valence-electron chi connectivity index (χ0n) is 28.5. The van der Waals surface area contributed by atoms with Crippen molar-refractivity contribution in [2.24, 2.45) is 0 Å². The number of hydrogen-bond donors (Lipinski definition) is 1. The third-order valence-corrected chi connectivity index (χ3v) is 10.3. The van der Waals surface area contributed by atoms with E-state index in [1.165, 1.54) is 71.7 Å². The average Bonchev–Trinajstić information content (AvgIpc) is 3.22. The van der Waals surface area contributed by atoms with Gasteiger partial charge in [-0.15, -0.1) is 0 Å². The molecule has 0 radical (unpaired) electrons. The monoisotopic (exact) mass is 662 g/mol. The Hall–Kier alpha value is -6.90. The summed E-state index contributed by atoms with van der Waals surface area (Å²) in [6.07, 6.45) is 0.